The fourth-order valence-corrected chi connectivity index (χ4v) is 2.76. The highest BCUT2D eigenvalue weighted by Crippen LogP contribution is 2.17. The van der Waals surface area contributed by atoms with Gasteiger partial charge in [-0.15, -0.1) is 0 Å². The number of likely N-dealkylation sites (tertiary alicyclic amines) is 1. The summed E-state index contributed by atoms with van der Waals surface area (Å²) >= 11 is 0. The molecule has 1 fully saturated rings. The Kier molecular flexibility index (Phi) is 5.81. The Morgan fingerprint density at radius 3 is 2.91 bits per heavy atom. The first kappa shape index (κ1) is 16.3. The van der Waals surface area contributed by atoms with Crippen LogP contribution in [0, 0.1) is 0 Å². The van der Waals surface area contributed by atoms with Gasteiger partial charge in [0.05, 0.1) is 7.11 Å². The normalized spacial score (nSPS) is 17.9. The first-order chi connectivity index (χ1) is 10.6. The van der Waals surface area contributed by atoms with Gasteiger partial charge in [-0.25, -0.2) is 0 Å². The maximum atomic E-state index is 12.2. The molecule has 1 N–H and O–H groups in total. The SMILES string of the molecule is COc1cccc(C(=O)NCCC(=O)N2CCCC[C@@H]2C)c1. The van der Waals surface area contributed by atoms with E-state index >= 15 is 0 Å². The van der Waals surface area contributed by atoms with Crippen molar-refractivity contribution >= 4 is 11.8 Å². The molecule has 0 aromatic heterocycles. The number of piperidine rings is 1. The van der Waals surface area contributed by atoms with Gasteiger partial charge in [0.25, 0.3) is 5.91 Å². The molecule has 0 spiro atoms. The predicted octanol–water partition coefficient (Wildman–Crippen LogP) is 2.22. The minimum Gasteiger partial charge on any atom is -0.497 e. The van der Waals surface area contributed by atoms with Gasteiger partial charge in [-0.2, -0.15) is 0 Å². The topological polar surface area (TPSA) is 58.6 Å². The van der Waals surface area contributed by atoms with Crippen LogP contribution in [-0.4, -0.2) is 43.0 Å². The van der Waals surface area contributed by atoms with E-state index in [9.17, 15) is 9.59 Å². The summed E-state index contributed by atoms with van der Waals surface area (Å²) < 4.78 is 5.10. The zero-order chi connectivity index (χ0) is 15.9. The summed E-state index contributed by atoms with van der Waals surface area (Å²) in [4.78, 5) is 26.2. The molecule has 1 heterocycles. The van der Waals surface area contributed by atoms with Crippen LogP contribution in [0.3, 0.4) is 0 Å². The summed E-state index contributed by atoms with van der Waals surface area (Å²) in [5, 5.41) is 2.79. The summed E-state index contributed by atoms with van der Waals surface area (Å²) in [6.07, 6.45) is 3.69. The molecule has 1 atom stereocenters. The van der Waals surface area contributed by atoms with Crippen LogP contribution in [0.1, 0.15) is 43.0 Å². The molecule has 1 aromatic carbocycles. The zero-order valence-corrected chi connectivity index (χ0v) is 13.3. The van der Waals surface area contributed by atoms with E-state index in [-0.39, 0.29) is 11.8 Å². The number of ether oxygens (including phenoxy) is 1. The maximum absolute atomic E-state index is 12.2. The van der Waals surface area contributed by atoms with Gasteiger partial charge in [0.15, 0.2) is 0 Å². The van der Waals surface area contributed by atoms with Crippen molar-refractivity contribution < 1.29 is 14.3 Å². The lowest BCUT2D eigenvalue weighted by molar-refractivity contribution is -0.134. The lowest BCUT2D eigenvalue weighted by atomic mass is 10.0. The van der Waals surface area contributed by atoms with Crippen molar-refractivity contribution in [1.29, 1.82) is 0 Å². The Labute approximate surface area is 131 Å². The summed E-state index contributed by atoms with van der Waals surface area (Å²) in [5.41, 5.74) is 0.540. The van der Waals surface area contributed by atoms with E-state index in [0.717, 1.165) is 19.4 Å². The minimum atomic E-state index is -0.182. The highest BCUT2D eigenvalue weighted by Gasteiger charge is 2.22. The Morgan fingerprint density at radius 2 is 2.18 bits per heavy atom. The molecule has 2 amide bonds. The van der Waals surface area contributed by atoms with Crippen molar-refractivity contribution in [2.45, 2.75) is 38.6 Å². The lowest BCUT2D eigenvalue weighted by Crippen LogP contribution is -2.43. The molecule has 5 nitrogen and oxygen atoms in total. The number of methoxy groups -OCH3 is 1. The van der Waals surface area contributed by atoms with Gasteiger partial charge in [0, 0.05) is 31.1 Å². The van der Waals surface area contributed by atoms with Crippen LogP contribution in [-0.2, 0) is 4.79 Å². The third-order valence-electron chi connectivity index (χ3n) is 4.08. The Hall–Kier alpha value is -2.04. The average Bonchev–Trinajstić information content (AvgIpc) is 2.55. The van der Waals surface area contributed by atoms with Crippen LogP contribution in [0.5, 0.6) is 5.75 Å². The van der Waals surface area contributed by atoms with Gasteiger partial charge < -0.3 is 15.0 Å². The largest absolute Gasteiger partial charge is 0.497 e. The van der Waals surface area contributed by atoms with E-state index < -0.39 is 0 Å². The quantitative estimate of drug-likeness (QED) is 0.907. The van der Waals surface area contributed by atoms with E-state index in [0.29, 0.717) is 30.3 Å². The van der Waals surface area contributed by atoms with Crippen LogP contribution in [0.2, 0.25) is 0 Å². The molecule has 1 aliphatic heterocycles. The minimum absolute atomic E-state index is 0.123. The molecule has 1 aromatic rings. The first-order valence-corrected chi connectivity index (χ1v) is 7.83. The Morgan fingerprint density at radius 1 is 1.36 bits per heavy atom. The molecule has 22 heavy (non-hydrogen) atoms. The third-order valence-corrected chi connectivity index (χ3v) is 4.08. The summed E-state index contributed by atoms with van der Waals surface area (Å²) in [6, 6.07) is 7.29. The summed E-state index contributed by atoms with van der Waals surface area (Å²) in [7, 11) is 1.56. The molecular formula is C17H24N2O3. The second kappa shape index (κ2) is 7.82. The van der Waals surface area contributed by atoms with Crippen LogP contribution in [0.15, 0.2) is 24.3 Å². The van der Waals surface area contributed by atoms with E-state index in [1.165, 1.54) is 6.42 Å². The fraction of sp³-hybridized carbons (Fsp3) is 0.529. The van der Waals surface area contributed by atoms with E-state index in [2.05, 4.69) is 12.2 Å². The van der Waals surface area contributed by atoms with E-state index in [4.69, 9.17) is 4.74 Å². The smallest absolute Gasteiger partial charge is 0.251 e. The molecule has 120 valence electrons. The van der Waals surface area contributed by atoms with Crippen LogP contribution >= 0.6 is 0 Å². The van der Waals surface area contributed by atoms with Gasteiger partial charge in [-0.1, -0.05) is 6.07 Å². The predicted molar refractivity (Wildman–Crippen MR) is 85.0 cm³/mol. The number of carbonyl (C=O) groups is 2. The zero-order valence-electron chi connectivity index (χ0n) is 13.3. The van der Waals surface area contributed by atoms with Crippen molar-refractivity contribution in [3.05, 3.63) is 29.8 Å². The lowest BCUT2D eigenvalue weighted by Gasteiger charge is -2.33. The molecule has 5 heteroatoms. The number of amides is 2. The number of hydrogen-bond donors (Lipinski definition) is 1. The molecule has 0 saturated carbocycles. The van der Waals surface area contributed by atoms with Crippen molar-refractivity contribution in [3.63, 3.8) is 0 Å². The van der Waals surface area contributed by atoms with Crippen molar-refractivity contribution in [3.8, 4) is 5.75 Å². The molecule has 0 unspecified atom stereocenters. The van der Waals surface area contributed by atoms with Gasteiger partial charge in [-0.3, -0.25) is 9.59 Å². The standard InChI is InChI=1S/C17H24N2O3/c1-13-6-3-4-11-19(13)16(20)9-10-18-17(21)14-7-5-8-15(12-14)22-2/h5,7-8,12-13H,3-4,6,9-11H2,1-2H3,(H,18,21)/t13-/m0/s1. The van der Waals surface area contributed by atoms with Gasteiger partial charge >= 0.3 is 0 Å². The molecule has 2 rings (SSSR count). The molecule has 1 aliphatic rings. The van der Waals surface area contributed by atoms with Gasteiger partial charge in [0.2, 0.25) is 5.91 Å². The van der Waals surface area contributed by atoms with Crippen molar-refractivity contribution in [2.75, 3.05) is 20.2 Å². The van der Waals surface area contributed by atoms with Crippen LogP contribution < -0.4 is 10.1 Å². The summed E-state index contributed by atoms with van der Waals surface area (Å²) in [6.45, 7) is 3.29. The Balaban J connectivity index is 1.80. The van der Waals surface area contributed by atoms with E-state index in [1.54, 1.807) is 31.4 Å². The van der Waals surface area contributed by atoms with Crippen molar-refractivity contribution in [2.24, 2.45) is 0 Å². The Bertz CT molecular complexity index is 530. The number of hydrogen-bond acceptors (Lipinski definition) is 3. The summed E-state index contributed by atoms with van der Waals surface area (Å²) in [5.74, 6) is 0.586. The molecule has 0 bridgehead atoms. The molecular weight excluding hydrogens is 280 g/mol. The molecule has 1 saturated heterocycles. The number of nitrogens with zero attached hydrogens (tertiary/aromatic N) is 1. The molecule has 0 radical (unpaired) electrons. The number of benzene rings is 1. The van der Waals surface area contributed by atoms with E-state index in [1.807, 2.05) is 4.90 Å². The van der Waals surface area contributed by atoms with Crippen molar-refractivity contribution in [1.82, 2.24) is 10.2 Å². The number of rotatable bonds is 5. The highest BCUT2D eigenvalue weighted by molar-refractivity contribution is 5.94. The number of carbonyl (C=O) groups excluding carboxylic acids is 2. The number of nitrogens with one attached hydrogen (secondary N) is 1. The second-order valence-electron chi connectivity index (χ2n) is 5.67. The second-order valence-corrected chi connectivity index (χ2v) is 5.67. The van der Waals surface area contributed by atoms with Gasteiger partial charge in [-0.05, 0) is 44.4 Å². The first-order valence-electron chi connectivity index (χ1n) is 7.83. The maximum Gasteiger partial charge on any atom is 0.251 e. The van der Waals surface area contributed by atoms with Gasteiger partial charge in [0.1, 0.15) is 5.75 Å². The van der Waals surface area contributed by atoms with Crippen LogP contribution in [0.4, 0.5) is 0 Å². The fourth-order valence-electron chi connectivity index (χ4n) is 2.76. The third kappa shape index (κ3) is 4.23. The average molecular weight is 304 g/mol. The monoisotopic (exact) mass is 304 g/mol. The van der Waals surface area contributed by atoms with Crippen LogP contribution in [0.25, 0.3) is 0 Å². The highest BCUT2D eigenvalue weighted by atomic mass is 16.5. The molecule has 0 aliphatic carbocycles.